The molecule has 148 valence electrons. The van der Waals surface area contributed by atoms with E-state index in [0.29, 0.717) is 5.82 Å². The number of fused-ring (bicyclic) bond motifs is 1. The summed E-state index contributed by atoms with van der Waals surface area (Å²) in [5, 5.41) is 2.99. The van der Waals surface area contributed by atoms with Gasteiger partial charge in [0.1, 0.15) is 36.2 Å². The van der Waals surface area contributed by atoms with Crippen molar-refractivity contribution < 1.29 is 13.9 Å². The predicted octanol–water partition coefficient (Wildman–Crippen LogP) is 4.39. The average Bonchev–Trinajstić information content (AvgIpc) is 3.31. The molecule has 1 atom stereocenters. The highest BCUT2D eigenvalue weighted by Gasteiger charge is 2.17. The molecule has 2 heterocycles. The van der Waals surface area contributed by atoms with Gasteiger partial charge in [0.25, 0.3) is 0 Å². The van der Waals surface area contributed by atoms with Crippen LogP contribution in [0.4, 0.5) is 0 Å². The molecule has 0 saturated carbocycles. The molecule has 1 unspecified atom stereocenters. The van der Waals surface area contributed by atoms with Crippen LogP contribution in [0, 0.1) is 6.92 Å². The lowest BCUT2D eigenvalue weighted by Gasteiger charge is -2.14. The van der Waals surface area contributed by atoms with Gasteiger partial charge in [-0.3, -0.25) is 4.79 Å². The van der Waals surface area contributed by atoms with Crippen molar-refractivity contribution >= 4 is 16.9 Å². The lowest BCUT2D eigenvalue weighted by Crippen LogP contribution is -2.30. The second-order valence-corrected chi connectivity index (χ2v) is 6.94. The van der Waals surface area contributed by atoms with E-state index in [-0.39, 0.29) is 25.1 Å². The number of para-hydroxylation sites is 3. The Morgan fingerprint density at radius 1 is 1.10 bits per heavy atom. The molecule has 0 aliphatic rings. The summed E-state index contributed by atoms with van der Waals surface area (Å²) in [6.07, 6.45) is 0. The van der Waals surface area contributed by atoms with Gasteiger partial charge in [0.15, 0.2) is 0 Å². The van der Waals surface area contributed by atoms with Crippen LogP contribution in [0.2, 0.25) is 0 Å². The van der Waals surface area contributed by atoms with Crippen molar-refractivity contribution in [2.24, 2.45) is 0 Å². The van der Waals surface area contributed by atoms with E-state index in [1.165, 1.54) is 0 Å². The molecule has 6 nitrogen and oxygen atoms in total. The second-order valence-electron chi connectivity index (χ2n) is 6.94. The van der Waals surface area contributed by atoms with Crippen LogP contribution in [0.5, 0.6) is 5.75 Å². The number of benzene rings is 2. The molecule has 0 aliphatic carbocycles. The fraction of sp³-hybridized carbons (Fsp3) is 0.217. The van der Waals surface area contributed by atoms with E-state index in [2.05, 4.69) is 10.3 Å². The SMILES string of the molecule is Cc1ccc(C(C)NC(=O)Cn2c(COc3ccccc3)nc3ccccc32)o1. The Bertz CT molecular complexity index is 1110. The Morgan fingerprint density at radius 2 is 1.86 bits per heavy atom. The molecule has 4 rings (SSSR count). The molecule has 2 aromatic carbocycles. The number of aromatic nitrogens is 2. The standard InChI is InChI=1S/C23H23N3O3/c1-16-12-13-21(29-16)17(2)24-23(27)14-26-20-11-7-6-10-19(20)25-22(26)15-28-18-8-4-3-5-9-18/h3-13,17H,14-15H2,1-2H3,(H,24,27). The molecule has 1 amide bonds. The summed E-state index contributed by atoms with van der Waals surface area (Å²) in [5.41, 5.74) is 1.73. The minimum absolute atomic E-state index is 0.115. The number of nitrogens with one attached hydrogen (secondary N) is 1. The second kappa shape index (κ2) is 8.22. The largest absolute Gasteiger partial charge is 0.486 e. The van der Waals surface area contributed by atoms with Crippen LogP contribution < -0.4 is 10.1 Å². The summed E-state index contributed by atoms with van der Waals surface area (Å²) in [5.74, 6) is 2.90. The number of rotatable bonds is 7. The molecule has 0 aliphatic heterocycles. The summed E-state index contributed by atoms with van der Waals surface area (Å²) in [7, 11) is 0. The van der Waals surface area contributed by atoms with Crippen molar-refractivity contribution in [1.29, 1.82) is 0 Å². The van der Waals surface area contributed by atoms with Crippen LogP contribution in [0.1, 0.15) is 30.3 Å². The van der Waals surface area contributed by atoms with Gasteiger partial charge in [-0.2, -0.15) is 0 Å². The van der Waals surface area contributed by atoms with Crippen LogP contribution in [0.3, 0.4) is 0 Å². The lowest BCUT2D eigenvalue weighted by atomic mass is 10.2. The van der Waals surface area contributed by atoms with E-state index in [4.69, 9.17) is 9.15 Å². The molecule has 0 saturated heterocycles. The molecule has 6 heteroatoms. The quantitative estimate of drug-likeness (QED) is 0.509. The number of nitrogens with zero attached hydrogens (tertiary/aromatic N) is 2. The summed E-state index contributed by atoms with van der Waals surface area (Å²) in [6, 6.07) is 20.9. The first kappa shape index (κ1) is 18.8. The molecule has 4 aromatic rings. The van der Waals surface area contributed by atoms with Crippen molar-refractivity contribution in [3.63, 3.8) is 0 Å². The number of hydrogen-bond donors (Lipinski definition) is 1. The normalized spacial score (nSPS) is 12.1. The average molecular weight is 389 g/mol. The molecule has 2 aromatic heterocycles. The zero-order chi connectivity index (χ0) is 20.2. The van der Waals surface area contributed by atoms with Crippen LogP contribution in [0.15, 0.2) is 71.1 Å². The minimum Gasteiger partial charge on any atom is -0.486 e. The number of hydrogen-bond acceptors (Lipinski definition) is 4. The monoisotopic (exact) mass is 389 g/mol. The smallest absolute Gasteiger partial charge is 0.240 e. The van der Waals surface area contributed by atoms with Gasteiger partial charge in [-0.05, 0) is 50.2 Å². The topological polar surface area (TPSA) is 69.3 Å². The molecule has 1 N–H and O–H groups in total. The Labute approximate surface area is 169 Å². The van der Waals surface area contributed by atoms with Gasteiger partial charge in [0.05, 0.1) is 17.1 Å². The number of carbonyl (C=O) groups excluding carboxylic acids is 1. The summed E-state index contributed by atoms with van der Waals surface area (Å²) in [4.78, 5) is 17.4. The first-order valence-electron chi connectivity index (χ1n) is 9.58. The van der Waals surface area contributed by atoms with Crippen LogP contribution in [-0.2, 0) is 17.9 Å². The zero-order valence-electron chi connectivity index (χ0n) is 16.5. The summed E-state index contributed by atoms with van der Waals surface area (Å²) >= 11 is 0. The zero-order valence-corrected chi connectivity index (χ0v) is 16.5. The molecular weight excluding hydrogens is 366 g/mol. The summed E-state index contributed by atoms with van der Waals surface area (Å²) < 4.78 is 13.4. The van der Waals surface area contributed by atoms with Gasteiger partial charge >= 0.3 is 0 Å². The van der Waals surface area contributed by atoms with E-state index < -0.39 is 0 Å². The van der Waals surface area contributed by atoms with Crippen molar-refractivity contribution in [2.45, 2.75) is 33.0 Å². The lowest BCUT2D eigenvalue weighted by molar-refractivity contribution is -0.122. The van der Waals surface area contributed by atoms with Gasteiger partial charge in [-0.25, -0.2) is 4.98 Å². The molecule has 0 bridgehead atoms. The van der Waals surface area contributed by atoms with E-state index in [0.717, 1.165) is 28.3 Å². The van der Waals surface area contributed by atoms with Crippen LogP contribution in [0.25, 0.3) is 11.0 Å². The van der Waals surface area contributed by atoms with Crippen molar-refractivity contribution in [3.05, 3.63) is 84.1 Å². The highest BCUT2D eigenvalue weighted by atomic mass is 16.5. The Morgan fingerprint density at radius 3 is 2.62 bits per heavy atom. The van der Waals surface area contributed by atoms with Gasteiger partial charge in [0.2, 0.25) is 5.91 Å². The van der Waals surface area contributed by atoms with Crippen molar-refractivity contribution in [3.8, 4) is 5.75 Å². The number of carbonyl (C=O) groups is 1. The van der Waals surface area contributed by atoms with Gasteiger partial charge in [-0.1, -0.05) is 30.3 Å². The first-order valence-corrected chi connectivity index (χ1v) is 9.58. The van der Waals surface area contributed by atoms with E-state index >= 15 is 0 Å². The molecule has 29 heavy (non-hydrogen) atoms. The van der Waals surface area contributed by atoms with Crippen molar-refractivity contribution in [2.75, 3.05) is 0 Å². The van der Waals surface area contributed by atoms with Gasteiger partial charge in [0, 0.05) is 0 Å². The molecular formula is C23H23N3O3. The maximum Gasteiger partial charge on any atom is 0.240 e. The number of ether oxygens (including phenoxy) is 1. The van der Waals surface area contributed by atoms with E-state index in [1.54, 1.807) is 0 Å². The fourth-order valence-electron chi connectivity index (χ4n) is 3.26. The third kappa shape index (κ3) is 4.32. The van der Waals surface area contributed by atoms with Gasteiger partial charge in [-0.15, -0.1) is 0 Å². The van der Waals surface area contributed by atoms with Crippen LogP contribution >= 0.6 is 0 Å². The third-order valence-electron chi connectivity index (χ3n) is 4.71. The van der Waals surface area contributed by atoms with E-state index in [1.807, 2.05) is 85.1 Å². The Balaban J connectivity index is 1.52. The maximum atomic E-state index is 12.7. The van der Waals surface area contributed by atoms with Gasteiger partial charge < -0.3 is 19.0 Å². The minimum atomic E-state index is -0.213. The van der Waals surface area contributed by atoms with Crippen LogP contribution in [-0.4, -0.2) is 15.5 Å². The fourth-order valence-corrected chi connectivity index (χ4v) is 3.26. The number of imidazole rings is 1. The molecule has 0 spiro atoms. The highest BCUT2D eigenvalue weighted by molar-refractivity contribution is 5.81. The first-order chi connectivity index (χ1) is 14.1. The molecule has 0 radical (unpaired) electrons. The predicted molar refractivity (Wildman–Crippen MR) is 111 cm³/mol. The molecule has 0 fully saturated rings. The number of furan rings is 1. The Kier molecular flexibility index (Phi) is 5.33. The Hall–Kier alpha value is -3.54. The van der Waals surface area contributed by atoms with Crippen molar-refractivity contribution in [1.82, 2.24) is 14.9 Å². The number of aryl methyl sites for hydroxylation is 1. The third-order valence-corrected chi connectivity index (χ3v) is 4.71. The highest BCUT2D eigenvalue weighted by Crippen LogP contribution is 2.19. The number of amides is 1. The van der Waals surface area contributed by atoms with E-state index in [9.17, 15) is 4.79 Å². The summed E-state index contributed by atoms with van der Waals surface area (Å²) in [6.45, 7) is 4.22. The maximum absolute atomic E-state index is 12.7.